The maximum Gasteiger partial charge on any atom is 0.251 e. The lowest BCUT2D eigenvalue weighted by molar-refractivity contribution is 0.0787. The number of rotatable bonds is 5. The van der Waals surface area contributed by atoms with Crippen LogP contribution in [0.25, 0.3) is 0 Å². The summed E-state index contributed by atoms with van der Waals surface area (Å²) in [5.41, 5.74) is 2.25. The van der Waals surface area contributed by atoms with Gasteiger partial charge in [0.2, 0.25) is 0 Å². The van der Waals surface area contributed by atoms with Gasteiger partial charge in [-0.25, -0.2) is 0 Å². The van der Waals surface area contributed by atoms with Crippen molar-refractivity contribution in [2.24, 2.45) is 5.92 Å². The number of carbonyl (C=O) groups excluding carboxylic acids is 1. The van der Waals surface area contributed by atoms with E-state index in [4.69, 9.17) is 0 Å². The normalized spacial score (nSPS) is 24.4. The molecule has 1 aliphatic heterocycles. The molecular weight excluding hydrogens is 298 g/mol. The molecule has 1 N–H and O–H groups in total. The molecule has 0 radical (unpaired) electrons. The molecule has 1 aromatic rings. The highest BCUT2D eigenvalue weighted by Gasteiger charge is 2.50. The van der Waals surface area contributed by atoms with E-state index in [9.17, 15) is 4.79 Å². The number of piperazine rings is 1. The van der Waals surface area contributed by atoms with Gasteiger partial charge in [0.1, 0.15) is 0 Å². The Hall–Kier alpha value is -1.39. The van der Waals surface area contributed by atoms with Crippen LogP contribution in [0, 0.1) is 5.92 Å². The fraction of sp³-hybridized carbons (Fsp3) is 0.650. The molecular formula is C20H29N3O. The Balaban J connectivity index is 1.34. The zero-order valence-electron chi connectivity index (χ0n) is 14.8. The summed E-state index contributed by atoms with van der Waals surface area (Å²) in [6, 6.07) is 8.25. The monoisotopic (exact) mass is 327 g/mol. The fourth-order valence-electron chi connectivity index (χ4n) is 4.15. The summed E-state index contributed by atoms with van der Waals surface area (Å²) < 4.78 is 0. The van der Waals surface area contributed by atoms with Crippen molar-refractivity contribution in [3.63, 3.8) is 0 Å². The van der Waals surface area contributed by atoms with Crippen LogP contribution < -0.4 is 5.32 Å². The van der Waals surface area contributed by atoms with Gasteiger partial charge in [-0.1, -0.05) is 12.1 Å². The van der Waals surface area contributed by atoms with E-state index in [1.807, 2.05) is 12.1 Å². The quantitative estimate of drug-likeness (QED) is 0.902. The van der Waals surface area contributed by atoms with Gasteiger partial charge in [0.15, 0.2) is 0 Å². The van der Waals surface area contributed by atoms with Crippen molar-refractivity contribution in [2.45, 2.75) is 44.2 Å². The van der Waals surface area contributed by atoms with E-state index in [1.165, 1.54) is 37.7 Å². The van der Waals surface area contributed by atoms with E-state index < -0.39 is 0 Å². The maximum atomic E-state index is 12.6. The maximum absolute atomic E-state index is 12.6. The van der Waals surface area contributed by atoms with Crippen LogP contribution in [0.4, 0.5) is 0 Å². The number of nitrogens with zero attached hydrogens (tertiary/aromatic N) is 2. The molecule has 2 aliphatic carbocycles. The zero-order chi connectivity index (χ0) is 16.6. The lowest BCUT2D eigenvalue weighted by atomic mass is 9.73. The summed E-state index contributed by atoms with van der Waals surface area (Å²) in [4.78, 5) is 17.5. The van der Waals surface area contributed by atoms with Crippen molar-refractivity contribution in [2.75, 3.05) is 33.2 Å². The van der Waals surface area contributed by atoms with Crippen molar-refractivity contribution >= 4 is 5.91 Å². The average molecular weight is 327 g/mol. The van der Waals surface area contributed by atoms with Gasteiger partial charge in [-0.3, -0.25) is 9.69 Å². The molecule has 130 valence electrons. The van der Waals surface area contributed by atoms with Crippen LogP contribution in [-0.4, -0.2) is 54.5 Å². The summed E-state index contributed by atoms with van der Waals surface area (Å²) in [6.45, 7) is 5.53. The fourth-order valence-corrected chi connectivity index (χ4v) is 4.15. The third-order valence-corrected chi connectivity index (χ3v) is 6.19. The van der Waals surface area contributed by atoms with Crippen molar-refractivity contribution in [3.05, 3.63) is 35.4 Å². The number of hydrogen-bond donors (Lipinski definition) is 1. The predicted molar refractivity (Wildman–Crippen MR) is 96.0 cm³/mol. The van der Waals surface area contributed by atoms with Crippen LogP contribution in [0.3, 0.4) is 0 Å². The number of carbonyl (C=O) groups is 1. The second-order valence-corrected chi connectivity index (χ2v) is 8.01. The summed E-state index contributed by atoms with van der Waals surface area (Å²) in [6.07, 6.45) is 6.20. The highest BCUT2D eigenvalue weighted by atomic mass is 16.1. The number of hydrogen-bond acceptors (Lipinski definition) is 3. The Kier molecular flexibility index (Phi) is 4.35. The molecule has 1 aromatic carbocycles. The molecule has 3 fully saturated rings. The second kappa shape index (κ2) is 6.49. The molecule has 4 nitrogen and oxygen atoms in total. The Morgan fingerprint density at radius 2 is 1.79 bits per heavy atom. The highest BCUT2D eigenvalue weighted by molar-refractivity contribution is 5.94. The SMILES string of the molecule is CN1CCN(Cc2ccc(C(=O)NC3(C4CC4)CCC3)cc2)CC1. The molecule has 3 aliphatic rings. The third-order valence-electron chi connectivity index (χ3n) is 6.19. The molecule has 0 bridgehead atoms. The van der Waals surface area contributed by atoms with Gasteiger partial charge < -0.3 is 10.2 Å². The van der Waals surface area contributed by atoms with Crippen molar-refractivity contribution < 1.29 is 4.79 Å². The standard InChI is InChI=1S/C20H29N3O/c1-22-11-13-23(14-12-22)15-16-3-5-17(6-4-16)19(24)21-20(9-2-10-20)18-7-8-18/h3-6,18H,2,7-15H2,1H3,(H,21,24). The van der Waals surface area contributed by atoms with E-state index >= 15 is 0 Å². The molecule has 1 heterocycles. The minimum absolute atomic E-state index is 0.118. The predicted octanol–water partition coefficient (Wildman–Crippen LogP) is 2.50. The number of nitrogens with one attached hydrogen (secondary N) is 1. The first-order valence-corrected chi connectivity index (χ1v) is 9.47. The molecule has 0 aromatic heterocycles. The van der Waals surface area contributed by atoms with Gasteiger partial charge in [-0.2, -0.15) is 0 Å². The van der Waals surface area contributed by atoms with Gasteiger partial charge in [-0.15, -0.1) is 0 Å². The molecule has 0 atom stereocenters. The second-order valence-electron chi connectivity index (χ2n) is 8.01. The minimum Gasteiger partial charge on any atom is -0.346 e. The molecule has 2 saturated carbocycles. The van der Waals surface area contributed by atoms with E-state index in [2.05, 4.69) is 34.3 Å². The van der Waals surface area contributed by atoms with Gasteiger partial charge in [0.05, 0.1) is 0 Å². The minimum atomic E-state index is 0.118. The van der Waals surface area contributed by atoms with E-state index in [-0.39, 0.29) is 11.4 Å². The number of amides is 1. The summed E-state index contributed by atoms with van der Waals surface area (Å²) in [5, 5.41) is 3.36. The summed E-state index contributed by atoms with van der Waals surface area (Å²) in [7, 11) is 2.18. The molecule has 4 heteroatoms. The lowest BCUT2D eigenvalue weighted by Gasteiger charge is -2.43. The molecule has 0 spiro atoms. The van der Waals surface area contributed by atoms with Gasteiger partial charge in [0, 0.05) is 43.8 Å². The first kappa shape index (κ1) is 16.1. The van der Waals surface area contributed by atoms with Gasteiger partial charge >= 0.3 is 0 Å². The third kappa shape index (κ3) is 3.35. The Morgan fingerprint density at radius 1 is 1.12 bits per heavy atom. The first-order valence-electron chi connectivity index (χ1n) is 9.47. The van der Waals surface area contributed by atoms with Crippen LogP contribution in [0.5, 0.6) is 0 Å². The Bertz CT molecular complexity index is 581. The largest absolute Gasteiger partial charge is 0.346 e. The van der Waals surface area contributed by atoms with Crippen molar-refractivity contribution in [1.82, 2.24) is 15.1 Å². The molecule has 1 saturated heterocycles. The molecule has 1 amide bonds. The lowest BCUT2D eigenvalue weighted by Crippen LogP contribution is -2.55. The Labute approximate surface area is 145 Å². The summed E-state index contributed by atoms with van der Waals surface area (Å²) >= 11 is 0. The van der Waals surface area contributed by atoms with Crippen molar-refractivity contribution in [3.8, 4) is 0 Å². The average Bonchev–Trinajstić information content (AvgIpc) is 3.39. The zero-order valence-corrected chi connectivity index (χ0v) is 14.8. The van der Waals surface area contributed by atoms with Gasteiger partial charge in [0.25, 0.3) is 5.91 Å². The van der Waals surface area contributed by atoms with Crippen LogP contribution in [0.15, 0.2) is 24.3 Å². The van der Waals surface area contributed by atoms with Crippen LogP contribution in [0.2, 0.25) is 0 Å². The van der Waals surface area contributed by atoms with Crippen LogP contribution in [-0.2, 0) is 6.54 Å². The molecule has 4 rings (SSSR count). The molecule has 0 unspecified atom stereocenters. The molecule has 24 heavy (non-hydrogen) atoms. The van der Waals surface area contributed by atoms with E-state index in [0.29, 0.717) is 0 Å². The Morgan fingerprint density at radius 3 is 2.33 bits per heavy atom. The van der Waals surface area contributed by atoms with E-state index in [1.54, 1.807) is 0 Å². The van der Waals surface area contributed by atoms with Crippen LogP contribution >= 0.6 is 0 Å². The number of benzene rings is 1. The topological polar surface area (TPSA) is 35.6 Å². The van der Waals surface area contributed by atoms with Crippen molar-refractivity contribution in [1.29, 1.82) is 0 Å². The van der Waals surface area contributed by atoms with Crippen LogP contribution in [0.1, 0.15) is 48.0 Å². The highest BCUT2D eigenvalue weighted by Crippen LogP contribution is 2.50. The number of likely N-dealkylation sites (N-methyl/N-ethyl adjacent to an activating group) is 1. The smallest absolute Gasteiger partial charge is 0.251 e. The first-order chi connectivity index (χ1) is 11.6. The summed E-state index contributed by atoms with van der Waals surface area (Å²) in [5.74, 6) is 0.861. The van der Waals surface area contributed by atoms with E-state index in [0.717, 1.165) is 44.2 Å². The van der Waals surface area contributed by atoms with Gasteiger partial charge in [-0.05, 0) is 62.8 Å².